The summed E-state index contributed by atoms with van der Waals surface area (Å²) in [5.41, 5.74) is 1.05. The molecular weight excluding hydrogens is 344 g/mol. The first-order valence-corrected chi connectivity index (χ1v) is 9.88. The number of hydrogen-bond donors (Lipinski definition) is 0. The molecule has 0 N–H and O–H groups in total. The summed E-state index contributed by atoms with van der Waals surface area (Å²) in [6.45, 7) is 3.35. The second-order valence-electron chi connectivity index (χ2n) is 6.72. The number of fused-ring (bicyclic) bond motifs is 1. The molecule has 1 fully saturated rings. The fraction of sp³-hybridized carbons (Fsp3) is 0.333. The highest BCUT2D eigenvalue weighted by atomic mass is 32.1. The van der Waals surface area contributed by atoms with Gasteiger partial charge in [-0.3, -0.25) is 4.79 Å². The molecular formula is C21H22N2O2S. The van der Waals surface area contributed by atoms with Crippen molar-refractivity contribution < 1.29 is 9.53 Å². The largest absolute Gasteiger partial charge is 0.481 e. The maximum Gasteiger partial charge on any atom is 0.263 e. The first-order valence-electron chi connectivity index (χ1n) is 9.06. The molecule has 0 unspecified atom stereocenters. The molecule has 3 aromatic rings. The Hall–Kier alpha value is -2.40. The minimum absolute atomic E-state index is 0.0552. The van der Waals surface area contributed by atoms with E-state index in [2.05, 4.69) is 12.1 Å². The van der Waals surface area contributed by atoms with E-state index in [0.29, 0.717) is 5.92 Å². The summed E-state index contributed by atoms with van der Waals surface area (Å²) in [7, 11) is 0. The van der Waals surface area contributed by atoms with Crippen molar-refractivity contribution in [2.45, 2.75) is 31.8 Å². The van der Waals surface area contributed by atoms with Crippen LogP contribution in [-0.2, 0) is 4.79 Å². The van der Waals surface area contributed by atoms with Gasteiger partial charge >= 0.3 is 0 Å². The molecule has 5 heteroatoms. The number of piperidine rings is 1. The Labute approximate surface area is 157 Å². The van der Waals surface area contributed by atoms with Crippen LogP contribution in [0, 0.1) is 0 Å². The molecule has 2 atom stereocenters. The smallest absolute Gasteiger partial charge is 0.263 e. The number of nitrogens with zero attached hydrogens (tertiary/aromatic N) is 2. The summed E-state index contributed by atoms with van der Waals surface area (Å²) in [5.74, 6) is 1.10. The molecule has 26 heavy (non-hydrogen) atoms. The Bertz CT molecular complexity index is 860. The Morgan fingerprint density at radius 2 is 1.96 bits per heavy atom. The van der Waals surface area contributed by atoms with E-state index in [9.17, 15) is 4.79 Å². The van der Waals surface area contributed by atoms with Crippen LogP contribution in [0.5, 0.6) is 5.75 Å². The number of amides is 1. The van der Waals surface area contributed by atoms with Crippen LogP contribution in [0.4, 0.5) is 0 Å². The molecule has 1 aliphatic heterocycles. The van der Waals surface area contributed by atoms with Gasteiger partial charge in [-0.25, -0.2) is 4.98 Å². The van der Waals surface area contributed by atoms with Gasteiger partial charge in [0, 0.05) is 19.0 Å². The number of benzene rings is 2. The molecule has 0 bridgehead atoms. The SMILES string of the molecule is C[C@@H](Oc1ccccc1)C(=O)N1CCC[C@@H](c2nc3ccccc3s2)C1. The molecule has 4 nitrogen and oxygen atoms in total. The van der Waals surface area contributed by atoms with Crippen LogP contribution in [0.3, 0.4) is 0 Å². The van der Waals surface area contributed by atoms with Gasteiger partial charge in [-0.15, -0.1) is 11.3 Å². The van der Waals surface area contributed by atoms with E-state index in [0.717, 1.165) is 42.2 Å². The van der Waals surface area contributed by atoms with Gasteiger partial charge in [-0.05, 0) is 44.0 Å². The minimum atomic E-state index is -0.480. The second kappa shape index (κ2) is 7.46. The molecule has 1 aliphatic rings. The number of carbonyl (C=O) groups is 1. The first kappa shape index (κ1) is 17.0. The van der Waals surface area contributed by atoms with Gasteiger partial charge in [-0.1, -0.05) is 30.3 Å². The molecule has 0 spiro atoms. The van der Waals surface area contributed by atoms with Crippen molar-refractivity contribution in [3.8, 4) is 5.75 Å². The van der Waals surface area contributed by atoms with Crippen LogP contribution in [0.25, 0.3) is 10.2 Å². The number of para-hydroxylation sites is 2. The average molecular weight is 366 g/mol. The highest BCUT2D eigenvalue weighted by Gasteiger charge is 2.30. The third-order valence-corrected chi connectivity index (χ3v) is 6.00. The van der Waals surface area contributed by atoms with E-state index >= 15 is 0 Å². The van der Waals surface area contributed by atoms with Crippen molar-refractivity contribution >= 4 is 27.5 Å². The number of hydrogen-bond acceptors (Lipinski definition) is 4. The van der Waals surface area contributed by atoms with E-state index < -0.39 is 6.10 Å². The van der Waals surface area contributed by atoms with Gasteiger partial charge in [0.05, 0.1) is 15.2 Å². The third kappa shape index (κ3) is 3.58. The quantitative estimate of drug-likeness (QED) is 0.684. The number of carbonyl (C=O) groups excluding carboxylic acids is 1. The van der Waals surface area contributed by atoms with Crippen molar-refractivity contribution in [1.29, 1.82) is 0 Å². The summed E-state index contributed by atoms with van der Waals surface area (Å²) in [5, 5.41) is 1.14. The summed E-state index contributed by atoms with van der Waals surface area (Å²) in [6.07, 6.45) is 1.61. The van der Waals surface area contributed by atoms with Gasteiger partial charge in [-0.2, -0.15) is 0 Å². The number of thiazole rings is 1. The zero-order chi connectivity index (χ0) is 17.9. The van der Waals surface area contributed by atoms with Gasteiger partial charge in [0.1, 0.15) is 5.75 Å². The molecule has 4 rings (SSSR count). The fourth-order valence-electron chi connectivity index (χ4n) is 3.45. The summed E-state index contributed by atoms with van der Waals surface area (Å²) in [4.78, 5) is 19.6. The fourth-order valence-corrected chi connectivity index (χ4v) is 4.55. The molecule has 2 aromatic carbocycles. The highest BCUT2D eigenvalue weighted by molar-refractivity contribution is 7.18. The van der Waals surface area contributed by atoms with E-state index in [-0.39, 0.29) is 5.91 Å². The molecule has 0 radical (unpaired) electrons. The first-order chi connectivity index (χ1) is 12.7. The summed E-state index contributed by atoms with van der Waals surface area (Å²) < 4.78 is 7.03. The standard InChI is InChI=1S/C21H22N2O2S/c1-15(25-17-9-3-2-4-10-17)21(24)23-13-7-8-16(14-23)20-22-18-11-5-6-12-19(18)26-20/h2-6,9-12,15-16H,7-8,13-14H2,1H3/t15-,16-/m1/s1. The molecule has 1 amide bonds. The lowest BCUT2D eigenvalue weighted by atomic mass is 9.98. The molecule has 0 saturated carbocycles. The Balaban J connectivity index is 1.44. The molecule has 1 aromatic heterocycles. The normalized spacial score (nSPS) is 18.7. The Morgan fingerprint density at radius 1 is 1.19 bits per heavy atom. The van der Waals surface area contributed by atoms with Gasteiger partial charge in [0.2, 0.25) is 0 Å². The zero-order valence-corrected chi connectivity index (χ0v) is 15.6. The number of likely N-dealkylation sites (tertiary alicyclic amines) is 1. The van der Waals surface area contributed by atoms with Crippen LogP contribution in [0.15, 0.2) is 54.6 Å². The zero-order valence-electron chi connectivity index (χ0n) is 14.8. The van der Waals surface area contributed by atoms with Crippen molar-refractivity contribution in [2.75, 3.05) is 13.1 Å². The lowest BCUT2D eigenvalue weighted by Crippen LogP contribution is -2.45. The predicted molar refractivity (Wildman–Crippen MR) is 105 cm³/mol. The van der Waals surface area contributed by atoms with Crippen LogP contribution >= 0.6 is 11.3 Å². The molecule has 0 aliphatic carbocycles. The average Bonchev–Trinajstić information content (AvgIpc) is 3.12. The van der Waals surface area contributed by atoms with E-state index in [1.165, 1.54) is 4.70 Å². The van der Waals surface area contributed by atoms with Crippen molar-refractivity contribution in [2.24, 2.45) is 0 Å². The molecule has 134 valence electrons. The summed E-state index contributed by atoms with van der Waals surface area (Å²) in [6, 6.07) is 17.7. The lowest BCUT2D eigenvalue weighted by Gasteiger charge is -2.33. The monoisotopic (exact) mass is 366 g/mol. The summed E-state index contributed by atoms with van der Waals surface area (Å²) >= 11 is 1.75. The van der Waals surface area contributed by atoms with Crippen LogP contribution in [0.1, 0.15) is 30.7 Å². The van der Waals surface area contributed by atoms with Crippen molar-refractivity contribution in [3.05, 3.63) is 59.6 Å². The van der Waals surface area contributed by atoms with Gasteiger partial charge in [0.25, 0.3) is 5.91 Å². The second-order valence-corrected chi connectivity index (χ2v) is 7.78. The topological polar surface area (TPSA) is 42.4 Å². The van der Waals surface area contributed by atoms with E-state index in [4.69, 9.17) is 9.72 Å². The van der Waals surface area contributed by atoms with Crippen LogP contribution in [0.2, 0.25) is 0 Å². The molecule has 2 heterocycles. The minimum Gasteiger partial charge on any atom is -0.481 e. The Morgan fingerprint density at radius 3 is 2.77 bits per heavy atom. The number of aromatic nitrogens is 1. The number of rotatable bonds is 4. The van der Waals surface area contributed by atoms with E-state index in [1.54, 1.807) is 11.3 Å². The van der Waals surface area contributed by atoms with E-state index in [1.807, 2.05) is 54.3 Å². The third-order valence-electron chi connectivity index (χ3n) is 4.80. The van der Waals surface area contributed by atoms with Crippen LogP contribution < -0.4 is 4.74 Å². The van der Waals surface area contributed by atoms with Gasteiger partial charge < -0.3 is 9.64 Å². The highest BCUT2D eigenvalue weighted by Crippen LogP contribution is 2.33. The number of ether oxygens (including phenoxy) is 1. The lowest BCUT2D eigenvalue weighted by molar-refractivity contribution is -0.139. The van der Waals surface area contributed by atoms with Crippen molar-refractivity contribution in [1.82, 2.24) is 9.88 Å². The van der Waals surface area contributed by atoms with Crippen LogP contribution in [-0.4, -0.2) is 35.0 Å². The van der Waals surface area contributed by atoms with Gasteiger partial charge in [0.15, 0.2) is 6.10 Å². The Kier molecular flexibility index (Phi) is 4.89. The molecule has 1 saturated heterocycles. The maximum absolute atomic E-state index is 12.8. The maximum atomic E-state index is 12.8. The van der Waals surface area contributed by atoms with Crippen molar-refractivity contribution in [3.63, 3.8) is 0 Å². The predicted octanol–water partition coefficient (Wildman–Crippen LogP) is 4.47.